The van der Waals surface area contributed by atoms with Crippen LogP contribution < -0.4 is 10.3 Å². The number of methoxy groups -OCH3 is 1. The maximum absolute atomic E-state index is 13.4. The van der Waals surface area contributed by atoms with Gasteiger partial charge in [-0.1, -0.05) is 42.5 Å². The van der Waals surface area contributed by atoms with Crippen LogP contribution in [-0.2, 0) is 42.8 Å². The van der Waals surface area contributed by atoms with E-state index in [0.29, 0.717) is 40.9 Å². The van der Waals surface area contributed by atoms with E-state index in [1.807, 2.05) is 37.3 Å². The summed E-state index contributed by atoms with van der Waals surface area (Å²) in [5, 5.41) is 19.7. The van der Waals surface area contributed by atoms with Crippen LogP contribution in [0.25, 0.3) is 11.0 Å². The summed E-state index contributed by atoms with van der Waals surface area (Å²) in [6, 6.07) is 15.8. The second-order valence-corrected chi connectivity index (χ2v) is 9.26. The molecule has 0 saturated heterocycles. The smallest absolute Gasteiger partial charge is 0.256 e. The summed E-state index contributed by atoms with van der Waals surface area (Å²) in [4.78, 5) is 17.9. The fraction of sp³-hybridized carbons (Fsp3) is 0.355. The predicted molar refractivity (Wildman–Crippen MR) is 152 cm³/mol. The molecule has 2 aromatic heterocycles. The Labute approximate surface area is 233 Å². The van der Waals surface area contributed by atoms with Crippen molar-refractivity contribution in [3.05, 3.63) is 105 Å². The Morgan fingerprint density at radius 1 is 1.00 bits per heavy atom. The Bertz CT molecular complexity index is 1420. The van der Waals surface area contributed by atoms with Crippen LogP contribution in [0, 0.1) is 5.82 Å². The van der Waals surface area contributed by atoms with Crippen molar-refractivity contribution < 1.29 is 28.8 Å². The topological polar surface area (TPSA) is 103 Å². The SMILES string of the molecule is CC(CO)Oc1c(Cc2ccc(F)cc2)cnc2c(COCc3ccccc3)c(CO)c(=O)n(C)c12.CCOC. The van der Waals surface area contributed by atoms with Gasteiger partial charge < -0.3 is 29.0 Å². The number of fused-ring (bicyclic) bond motifs is 1. The zero-order chi connectivity index (χ0) is 29.1. The molecule has 0 radical (unpaired) electrons. The molecule has 2 N–H and O–H groups in total. The minimum absolute atomic E-state index is 0.0661. The van der Waals surface area contributed by atoms with Crippen LogP contribution in [0.15, 0.2) is 65.6 Å². The van der Waals surface area contributed by atoms with Crippen molar-refractivity contribution in [2.75, 3.05) is 20.3 Å². The van der Waals surface area contributed by atoms with E-state index in [9.17, 15) is 19.4 Å². The van der Waals surface area contributed by atoms with E-state index in [1.54, 1.807) is 39.4 Å². The quantitative estimate of drug-likeness (QED) is 0.286. The molecule has 4 rings (SSSR count). The van der Waals surface area contributed by atoms with Crippen LogP contribution in [0.2, 0.25) is 0 Å². The van der Waals surface area contributed by atoms with Crippen molar-refractivity contribution in [2.24, 2.45) is 7.05 Å². The third-order valence-electron chi connectivity index (χ3n) is 6.32. The van der Waals surface area contributed by atoms with Gasteiger partial charge in [-0.2, -0.15) is 0 Å². The maximum atomic E-state index is 13.4. The summed E-state index contributed by atoms with van der Waals surface area (Å²) in [5.41, 5.74) is 3.71. The minimum atomic E-state index is -0.548. The van der Waals surface area contributed by atoms with Crippen LogP contribution in [0.5, 0.6) is 5.75 Å². The monoisotopic (exact) mass is 552 g/mol. The fourth-order valence-corrected chi connectivity index (χ4v) is 4.11. The molecule has 0 fully saturated rings. The number of hydrogen-bond donors (Lipinski definition) is 2. The normalized spacial score (nSPS) is 11.7. The average Bonchev–Trinajstić information content (AvgIpc) is 2.98. The van der Waals surface area contributed by atoms with Gasteiger partial charge in [0, 0.05) is 44.5 Å². The summed E-state index contributed by atoms with van der Waals surface area (Å²) in [6.45, 7) is 4.20. The van der Waals surface area contributed by atoms with E-state index in [-0.39, 0.29) is 30.2 Å². The molecule has 0 spiro atoms. The number of aliphatic hydroxyl groups is 2. The van der Waals surface area contributed by atoms with Gasteiger partial charge in [0.15, 0.2) is 5.75 Å². The summed E-state index contributed by atoms with van der Waals surface area (Å²) in [5.74, 6) is 0.0686. The van der Waals surface area contributed by atoms with E-state index in [2.05, 4.69) is 9.72 Å². The number of ether oxygens (including phenoxy) is 3. The molecule has 40 heavy (non-hydrogen) atoms. The van der Waals surface area contributed by atoms with Crippen LogP contribution in [0.3, 0.4) is 0 Å². The van der Waals surface area contributed by atoms with Crippen LogP contribution in [0.1, 0.15) is 41.7 Å². The Morgan fingerprint density at radius 2 is 1.68 bits per heavy atom. The molecule has 4 aromatic rings. The third kappa shape index (κ3) is 7.73. The highest BCUT2D eigenvalue weighted by Crippen LogP contribution is 2.33. The first-order valence-corrected chi connectivity index (χ1v) is 13.1. The standard InChI is InChI=1S/C28H29FN2O5.C3H8O/c1-18(14-32)36-27-21(12-19-8-10-22(29)11-9-19)13-30-25-24(17-35-16-20-6-4-3-5-7-20)23(15-33)28(34)31(2)26(25)27;1-3-4-2/h3-11,13,18,32-33H,12,14-17H2,1-2H3;3H2,1-2H3. The number of hydrogen-bond acceptors (Lipinski definition) is 7. The predicted octanol–water partition coefficient (Wildman–Crippen LogP) is 4.28. The largest absolute Gasteiger partial charge is 0.486 e. The molecule has 0 aliphatic carbocycles. The van der Waals surface area contributed by atoms with E-state index in [1.165, 1.54) is 16.7 Å². The van der Waals surface area contributed by atoms with Crippen molar-refractivity contribution in [3.63, 3.8) is 0 Å². The van der Waals surface area contributed by atoms with E-state index in [4.69, 9.17) is 9.47 Å². The second kappa shape index (κ2) is 15.2. The highest BCUT2D eigenvalue weighted by atomic mass is 19.1. The highest BCUT2D eigenvalue weighted by molar-refractivity contribution is 5.86. The first-order valence-electron chi connectivity index (χ1n) is 13.1. The minimum Gasteiger partial charge on any atom is -0.486 e. The number of pyridine rings is 2. The number of aromatic nitrogens is 2. The second-order valence-electron chi connectivity index (χ2n) is 9.26. The average molecular weight is 553 g/mol. The van der Waals surface area contributed by atoms with E-state index in [0.717, 1.165) is 17.7 Å². The molecular weight excluding hydrogens is 515 g/mol. The summed E-state index contributed by atoms with van der Waals surface area (Å²) in [7, 11) is 3.28. The zero-order valence-corrected chi connectivity index (χ0v) is 23.4. The lowest BCUT2D eigenvalue weighted by molar-refractivity contribution is 0.106. The van der Waals surface area contributed by atoms with E-state index < -0.39 is 12.7 Å². The molecule has 2 heterocycles. The lowest BCUT2D eigenvalue weighted by Crippen LogP contribution is -2.26. The Kier molecular flexibility index (Phi) is 11.8. The van der Waals surface area contributed by atoms with Crippen LogP contribution >= 0.6 is 0 Å². The Morgan fingerprint density at radius 3 is 2.27 bits per heavy atom. The van der Waals surface area contributed by atoms with Gasteiger partial charge in [0.1, 0.15) is 17.4 Å². The van der Waals surface area contributed by atoms with Crippen molar-refractivity contribution in [1.82, 2.24) is 9.55 Å². The van der Waals surface area contributed by atoms with E-state index >= 15 is 0 Å². The lowest BCUT2D eigenvalue weighted by atomic mass is 10.0. The fourth-order valence-electron chi connectivity index (χ4n) is 4.11. The zero-order valence-electron chi connectivity index (χ0n) is 23.4. The maximum Gasteiger partial charge on any atom is 0.256 e. The van der Waals surface area contributed by atoms with Gasteiger partial charge in [0.2, 0.25) is 0 Å². The molecule has 214 valence electrons. The summed E-state index contributed by atoms with van der Waals surface area (Å²) < 4.78 is 31.4. The molecule has 0 saturated carbocycles. The van der Waals surface area contributed by atoms with Crippen LogP contribution in [0.4, 0.5) is 4.39 Å². The molecule has 0 amide bonds. The molecule has 8 nitrogen and oxygen atoms in total. The number of nitrogens with zero attached hydrogens (tertiary/aromatic N) is 2. The van der Waals surface area contributed by atoms with Gasteiger partial charge in [-0.25, -0.2) is 4.39 Å². The lowest BCUT2D eigenvalue weighted by Gasteiger charge is -2.21. The van der Waals surface area contributed by atoms with Crippen molar-refractivity contribution >= 4 is 11.0 Å². The first kappa shape index (κ1) is 30.9. The Balaban J connectivity index is 0.00000103. The first-order chi connectivity index (χ1) is 19.3. The third-order valence-corrected chi connectivity index (χ3v) is 6.32. The molecule has 0 aliphatic rings. The molecule has 2 aromatic carbocycles. The Hall–Kier alpha value is -3.63. The van der Waals surface area contributed by atoms with Crippen molar-refractivity contribution in [3.8, 4) is 5.75 Å². The van der Waals surface area contributed by atoms with Gasteiger partial charge in [-0.05, 0) is 37.1 Å². The molecular formula is C31H37FN2O6. The van der Waals surface area contributed by atoms with Gasteiger partial charge in [-0.15, -0.1) is 0 Å². The van der Waals surface area contributed by atoms with Crippen LogP contribution in [-0.4, -0.2) is 46.2 Å². The molecule has 9 heteroatoms. The molecule has 0 bridgehead atoms. The van der Waals surface area contributed by atoms with Gasteiger partial charge in [0.05, 0.1) is 37.5 Å². The van der Waals surface area contributed by atoms with Gasteiger partial charge in [0.25, 0.3) is 5.56 Å². The molecule has 1 atom stereocenters. The van der Waals surface area contributed by atoms with Crippen molar-refractivity contribution in [2.45, 2.75) is 46.2 Å². The summed E-state index contributed by atoms with van der Waals surface area (Å²) in [6.07, 6.45) is 1.48. The van der Waals surface area contributed by atoms with Crippen molar-refractivity contribution in [1.29, 1.82) is 0 Å². The summed E-state index contributed by atoms with van der Waals surface area (Å²) >= 11 is 0. The molecule has 1 unspecified atom stereocenters. The number of halogens is 1. The highest BCUT2D eigenvalue weighted by Gasteiger charge is 2.22. The number of rotatable bonds is 11. The van der Waals surface area contributed by atoms with Gasteiger partial charge in [-0.3, -0.25) is 9.78 Å². The van der Waals surface area contributed by atoms with Gasteiger partial charge >= 0.3 is 0 Å². The number of aryl methyl sites for hydroxylation is 1. The molecule has 0 aliphatic heterocycles. The number of benzene rings is 2. The number of aliphatic hydroxyl groups excluding tert-OH is 2.